The van der Waals surface area contributed by atoms with Crippen molar-refractivity contribution in [2.75, 3.05) is 14.2 Å². The number of ether oxygens (including phenoxy) is 2. The van der Waals surface area contributed by atoms with Gasteiger partial charge < -0.3 is 15.2 Å². The molecular formula is C12H19NO2. The first-order valence-electron chi connectivity index (χ1n) is 5.09. The van der Waals surface area contributed by atoms with Crippen molar-refractivity contribution in [3.63, 3.8) is 0 Å². The lowest BCUT2D eigenvalue weighted by Gasteiger charge is -2.18. The summed E-state index contributed by atoms with van der Waals surface area (Å²) in [6.45, 7) is 4.70. The summed E-state index contributed by atoms with van der Waals surface area (Å²) in [5.74, 6) is 2.06. The molecule has 84 valence electrons. The molecule has 0 aliphatic heterocycles. The Morgan fingerprint density at radius 2 is 1.87 bits per heavy atom. The average Bonchev–Trinajstić information content (AvgIpc) is 2.26. The van der Waals surface area contributed by atoms with Gasteiger partial charge in [-0.25, -0.2) is 0 Å². The first-order valence-corrected chi connectivity index (χ1v) is 5.09. The second-order valence-electron chi connectivity index (χ2n) is 3.73. The quantitative estimate of drug-likeness (QED) is 0.827. The highest BCUT2D eigenvalue weighted by Crippen LogP contribution is 2.37. The molecule has 0 unspecified atom stereocenters. The molecule has 0 aromatic heterocycles. The topological polar surface area (TPSA) is 44.5 Å². The highest BCUT2D eigenvalue weighted by atomic mass is 16.5. The number of hydrogen-bond acceptors (Lipinski definition) is 3. The van der Waals surface area contributed by atoms with E-state index in [9.17, 15) is 0 Å². The number of benzene rings is 1. The van der Waals surface area contributed by atoms with Crippen molar-refractivity contribution in [3.8, 4) is 11.5 Å². The van der Waals surface area contributed by atoms with Crippen LogP contribution >= 0.6 is 0 Å². The van der Waals surface area contributed by atoms with Gasteiger partial charge in [-0.15, -0.1) is 0 Å². The third-order valence-electron chi connectivity index (χ3n) is 2.46. The molecule has 0 bridgehead atoms. The van der Waals surface area contributed by atoms with Crippen molar-refractivity contribution in [3.05, 3.63) is 23.3 Å². The first kappa shape index (κ1) is 11.9. The molecule has 1 aromatic rings. The minimum atomic E-state index is 0.349. The van der Waals surface area contributed by atoms with Gasteiger partial charge in [-0.05, 0) is 12.0 Å². The molecule has 0 spiro atoms. The van der Waals surface area contributed by atoms with E-state index in [4.69, 9.17) is 15.2 Å². The fourth-order valence-electron chi connectivity index (χ4n) is 1.75. The Morgan fingerprint density at radius 3 is 2.27 bits per heavy atom. The molecule has 15 heavy (non-hydrogen) atoms. The number of hydrogen-bond donors (Lipinski definition) is 1. The van der Waals surface area contributed by atoms with E-state index < -0.39 is 0 Å². The number of methoxy groups -OCH3 is 2. The van der Waals surface area contributed by atoms with E-state index in [1.54, 1.807) is 14.2 Å². The Kier molecular flexibility index (Phi) is 3.97. The van der Waals surface area contributed by atoms with Crippen LogP contribution in [-0.4, -0.2) is 14.2 Å². The Hall–Kier alpha value is -1.22. The predicted octanol–water partition coefficient (Wildman–Crippen LogP) is 2.29. The molecule has 0 aliphatic carbocycles. The second-order valence-corrected chi connectivity index (χ2v) is 3.73. The maximum absolute atomic E-state index is 5.67. The zero-order valence-corrected chi connectivity index (χ0v) is 9.83. The molecule has 0 heterocycles. The normalized spacial score (nSPS) is 10.5. The van der Waals surface area contributed by atoms with Gasteiger partial charge >= 0.3 is 0 Å². The molecule has 2 N–H and O–H groups in total. The van der Waals surface area contributed by atoms with Crippen molar-refractivity contribution in [1.82, 2.24) is 0 Å². The van der Waals surface area contributed by atoms with Crippen LogP contribution in [-0.2, 0) is 6.54 Å². The Morgan fingerprint density at radius 1 is 1.20 bits per heavy atom. The lowest BCUT2D eigenvalue weighted by Crippen LogP contribution is -2.05. The smallest absolute Gasteiger partial charge is 0.130 e. The van der Waals surface area contributed by atoms with Crippen molar-refractivity contribution in [2.45, 2.75) is 26.3 Å². The Balaban J connectivity index is 3.37. The van der Waals surface area contributed by atoms with Crippen LogP contribution in [0.2, 0.25) is 0 Å². The second kappa shape index (κ2) is 5.03. The van der Waals surface area contributed by atoms with Crippen LogP contribution in [0, 0.1) is 0 Å². The van der Waals surface area contributed by atoms with Gasteiger partial charge in [0.2, 0.25) is 0 Å². The molecule has 0 atom stereocenters. The maximum atomic E-state index is 5.67. The molecule has 0 amide bonds. The van der Waals surface area contributed by atoms with Crippen LogP contribution in [0.25, 0.3) is 0 Å². The summed E-state index contributed by atoms with van der Waals surface area (Å²) in [6.07, 6.45) is 0. The summed E-state index contributed by atoms with van der Waals surface area (Å²) in [4.78, 5) is 0. The van der Waals surface area contributed by atoms with Crippen LogP contribution < -0.4 is 15.2 Å². The van der Waals surface area contributed by atoms with Gasteiger partial charge in [0.05, 0.1) is 14.2 Å². The van der Waals surface area contributed by atoms with Crippen molar-refractivity contribution in [2.24, 2.45) is 5.73 Å². The fourth-order valence-corrected chi connectivity index (χ4v) is 1.75. The molecular weight excluding hydrogens is 190 g/mol. The minimum Gasteiger partial charge on any atom is -0.496 e. The summed E-state index contributed by atoms with van der Waals surface area (Å²) in [5.41, 5.74) is 7.77. The van der Waals surface area contributed by atoms with Crippen LogP contribution in [0.3, 0.4) is 0 Å². The van der Waals surface area contributed by atoms with Gasteiger partial charge in [-0.2, -0.15) is 0 Å². The molecule has 1 rings (SSSR count). The maximum Gasteiger partial charge on any atom is 0.130 e. The summed E-state index contributed by atoms with van der Waals surface area (Å²) >= 11 is 0. The third-order valence-corrected chi connectivity index (χ3v) is 2.46. The van der Waals surface area contributed by atoms with Gasteiger partial charge in [0, 0.05) is 17.7 Å². The highest BCUT2D eigenvalue weighted by Gasteiger charge is 2.16. The van der Waals surface area contributed by atoms with Crippen molar-refractivity contribution in [1.29, 1.82) is 0 Å². The molecule has 0 saturated heterocycles. The van der Waals surface area contributed by atoms with Crippen LogP contribution in [0.5, 0.6) is 11.5 Å². The standard InChI is InChI=1S/C12H19NO2/c1-8(2)11-10(14-3)6-5-9(7-13)12(11)15-4/h5-6,8H,7,13H2,1-4H3. The third kappa shape index (κ3) is 2.23. The van der Waals surface area contributed by atoms with E-state index in [0.29, 0.717) is 12.5 Å². The Bertz CT molecular complexity index is 335. The molecule has 0 radical (unpaired) electrons. The lowest BCUT2D eigenvalue weighted by molar-refractivity contribution is 0.379. The fraction of sp³-hybridized carbons (Fsp3) is 0.500. The number of nitrogens with two attached hydrogens (primary N) is 1. The van der Waals surface area contributed by atoms with Crippen LogP contribution in [0.1, 0.15) is 30.9 Å². The number of rotatable bonds is 4. The van der Waals surface area contributed by atoms with Gasteiger partial charge in [0.1, 0.15) is 11.5 Å². The monoisotopic (exact) mass is 209 g/mol. The summed E-state index contributed by atoms with van der Waals surface area (Å²) < 4.78 is 10.7. The van der Waals surface area contributed by atoms with E-state index in [1.165, 1.54) is 0 Å². The van der Waals surface area contributed by atoms with Crippen molar-refractivity contribution < 1.29 is 9.47 Å². The SMILES string of the molecule is COc1ccc(CN)c(OC)c1C(C)C. The van der Waals surface area contributed by atoms with Gasteiger partial charge in [0.15, 0.2) is 0 Å². The van der Waals surface area contributed by atoms with E-state index in [-0.39, 0.29) is 0 Å². The van der Waals surface area contributed by atoms with E-state index in [1.807, 2.05) is 12.1 Å². The zero-order valence-electron chi connectivity index (χ0n) is 9.83. The highest BCUT2D eigenvalue weighted by molar-refractivity contribution is 5.51. The molecule has 0 saturated carbocycles. The molecule has 3 nitrogen and oxygen atoms in total. The average molecular weight is 209 g/mol. The van der Waals surface area contributed by atoms with E-state index >= 15 is 0 Å². The van der Waals surface area contributed by atoms with Crippen LogP contribution in [0.4, 0.5) is 0 Å². The summed E-state index contributed by atoms with van der Waals surface area (Å²) in [6, 6.07) is 3.89. The van der Waals surface area contributed by atoms with Crippen molar-refractivity contribution >= 4 is 0 Å². The zero-order chi connectivity index (χ0) is 11.4. The van der Waals surface area contributed by atoms with Gasteiger partial charge in [-0.1, -0.05) is 19.9 Å². The van der Waals surface area contributed by atoms with E-state index in [2.05, 4.69) is 13.8 Å². The first-order chi connectivity index (χ1) is 7.15. The lowest BCUT2D eigenvalue weighted by atomic mass is 9.97. The van der Waals surface area contributed by atoms with Crippen LogP contribution in [0.15, 0.2) is 12.1 Å². The molecule has 1 aromatic carbocycles. The van der Waals surface area contributed by atoms with Gasteiger partial charge in [-0.3, -0.25) is 0 Å². The van der Waals surface area contributed by atoms with Gasteiger partial charge in [0.25, 0.3) is 0 Å². The molecule has 3 heteroatoms. The molecule has 0 aliphatic rings. The largest absolute Gasteiger partial charge is 0.496 e. The molecule has 0 fully saturated rings. The summed E-state index contributed by atoms with van der Waals surface area (Å²) in [5, 5.41) is 0. The Labute approximate surface area is 91.2 Å². The van der Waals surface area contributed by atoms with E-state index in [0.717, 1.165) is 22.6 Å². The predicted molar refractivity (Wildman–Crippen MR) is 61.5 cm³/mol. The summed E-state index contributed by atoms with van der Waals surface area (Å²) in [7, 11) is 3.34. The minimum absolute atomic E-state index is 0.349.